The Bertz CT molecular complexity index is 3140. The average Bonchev–Trinajstić information content (AvgIpc) is 3.22. The number of hydrogen-bond donors (Lipinski definition) is 0. The van der Waals surface area contributed by atoms with E-state index in [1.165, 1.54) is 109 Å². The second kappa shape index (κ2) is 11.4. The van der Waals surface area contributed by atoms with E-state index in [1.807, 2.05) is 0 Å². The Kier molecular flexibility index (Phi) is 6.35. The molecule has 11 rings (SSSR count). The first-order chi connectivity index (χ1) is 25.8. The second-order valence-electron chi connectivity index (χ2n) is 14.0. The van der Waals surface area contributed by atoms with Gasteiger partial charge in [0.15, 0.2) is 0 Å². The zero-order chi connectivity index (χ0) is 34.2. The van der Waals surface area contributed by atoms with Gasteiger partial charge in [-0.25, -0.2) is 0 Å². The highest BCUT2D eigenvalue weighted by Gasteiger charge is 2.16. The minimum absolute atomic E-state index is 1.23. The van der Waals surface area contributed by atoms with E-state index in [0.717, 1.165) is 0 Å². The summed E-state index contributed by atoms with van der Waals surface area (Å²) in [5.74, 6) is 0. The van der Waals surface area contributed by atoms with Crippen LogP contribution in [0.3, 0.4) is 0 Å². The molecule has 0 saturated heterocycles. The van der Waals surface area contributed by atoms with Gasteiger partial charge in [0.2, 0.25) is 0 Å². The summed E-state index contributed by atoms with van der Waals surface area (Å²) in [4.78, 5) is 0. The molecule has 0 aliphatic heterocycles. The topological polar surface area (TPSA) is 0 Å². The van der Waals surface area contributed by atoms with Gasteiger partial charge in [-0.05, 0) is 115 Å². The summed E-state index contributed by atoms with van der Waals surface area (Å²) in [6, 6.07) is 71.8. The summed E-state index contributed by atoms with van der Waals surface area (Å²) >= 11 is 0. The Labute approximate surface area is 302 Å². The molecule has 0 N–H and O–H groups in total. The average molecular weight is 657 g/mol. The third-order valence-electron chi connectivity index (χ3n) is 11.2. The van der Waals surface area contributed by atoms with Crippen LogP contribution in [0.2, 0.25) is 0 Å². The van der Waals surface area contributed by atoms with Gasteiger partial charge in [-0.3, -0.25) is 0 Å². The van der Waals surface area contributed by atoms with E-state index in [1.54, 1.807) is 0 Å². The van der Waals surface area contributed by atoms with Crippen LogP contribution in [-0.2, 0) is 0 Å². The molecule has 0 nitrogen and oxygen atoms in total. The third kappa shape index (κ3) is 4.41. The summed E-state index contributed by atoms with van der Waals surface area (Å²) in [5.41, 5.74) is 10.0. The summed E-state index contributed by atoms with van der Waals surface area (Å²) in [7, 11) is 0. The van der Waals surface area contributed by atoms with E-state index in [9.17, 15) is 0 Å². The fraction of sp³-hybridized carbons (Fsp3) is 0. The molecule has 0 unspecified atom stereocenters. The minimum Gasteiger partial charge on any atom is -0.0616 e. The molecule has 0 aliphatic carbocycles. The molecule has 0 aromatic heterocycles. The smallest absolute Gasteiger partial charge is 0.00203 e. The number of benzene rings is 11. The molecule has 0 bridgehead atoms. The lowest BCUT2D eigenvalue weighted by Gasteiger charge is -2.17. The highest BCUT2D eigenvalue weighted by Crippen LogP contribution is 2.43. The lowest BCUT2D eigenvalue weighted by Crippen LogP contribution is -1.90. The zero-order valence-electron chi connectivity index (χ0n) is 28.5. The van der Waals surface area contributed by atoms with Crippen LogP contribution < -0.4 is 0 Å². The largest absolute Gasteiger partial charge is 0.0616 e. The van der Waals surface area contributed by atoms with E-state index >= 15 is 0 Å². The van der Waals surface area contributed by atoms with Gasteiger partial charge in [0.25, 0.3) is 0 Å². The van der Waals surface area contributed by atoms with Crippen LogP contribution in [0, 0.1) is 0 Å². The van der Waals surface area contributed by atoms with Gasteiger partial charge in [0, 0.05) is 0 Å². The molecule has 11 aromatic rings. The van der Waals surface area contributed by atoms with Crippen molar-refractivity contribution in [2.75, 3.05) is 0 Å². The maximum Gasteiger partial charge on any atom is -0.00203 e. The molecule has 11 aromatic carbocycles. The van der Waals surface area contributed by atoms with E-state index in [2.05, 4.69) is 194 Å². The molecular formula is C52H32. The first-order valence-electron chi connectivity index (χ1n) is 18.1. The molecule has 0 amide bonds. The van der Waals surface area contributed by atoms with Crippen molar-refractivity contribution in [3.05, 3.63) is 194 Å². The first-order valence-corrected chi connectivity index (χ1v) is 18.1. The SMILES string of the molecule is c1ccc2c(-c3ccc(-c4ccc5ccc6c(-c7ccc(-c8cc9ccccc9c9ccccc89)cc7)ccc7ccc4c5c76)cc3)cccc2c1. The van der Waals surface area contributed by atoms with Gasteiger partial charge in [0.1, 0.15) is 0 Å². The Morgan fingerprint density at radius 1 is 0.192 bits per heavy atom. The second-order valence-corrected chi connectivity index (χ2v) is 14.0. The van der Waals surface area contributed by atoms with Gasteiger partial charge in [-0.15, -0.1) is 0 Å². The van der Waals surface area contributed by atoms with Crippen LogP contribution in [0.15, 0.2) is 194 Å². The Morgan fingerprint density at radius 2 is 0.615 bits per heavy atom. The maximum atomic E-state index is 2.34. The van der Waals surface area contributed by atoms with Gasteiger partial charge >= 0.3 is 0 Å². The van der Waals surface area contributed by atoms with E-state index < -0.39 is 0 Å². The van der Waals surface area contributed by atoms with Crippen molar-refractivity contribution >= 4 is 64.6 Å². The van der Waals surface area contributed by atoms with Crippen molar-refractivity contribution in [3.63, 3.8) is 0 Å². The molecule has 0 aliphatic rings. The molecule has 0 fully saturated rings. The molecular weight excluding hydrogens is 625 g/mol. The number of fused-ring (bicyclic) bond motifs is 4. The molecule has 52 heavy (non-hydrogen) atoms. The Hall–Kier alpha value is -6.76. The summed E-state index contributed by atoms with van der Waals surface area (Å²) in [5, 5.41) is 15.5. The Balaban J connectivity index is 1.02. The van der Waals surface area contributed by atoms with Crippen LogP contribution in [0.1, 0.15) is 0 Å². The van der Waals surface area contributed by atoms with Crippen LogP contribution >= 0.6 is 0 Å². The van der Waals surface area contributed by atoms with Crippen molar-refractivity contribution in [2.45, 2.75) is 0 Å². The van der Waals surface area contributed by atoms with E-state index in [4.69, 9.17) is 0 Å². The quantitative estimate of drug-likeness (QED) is 0.165. The van der Waals surface area contributed by atoms with Crippen molar-refractivity contribution in [1.82, 2.24) is 0 Å². The van der Waals surface area contributed by atoms with Crippen molar-refractivity contribution < 1.29 is 0 Å². The zero-order valence-corrected chi connectivity index (χ0v) is 28.5. The van der Waals surface area contributed by atoms with Crippen LogP contribution in [-0.4, -0.2) is 0 Å². The van der Waals surface area contributed by atoms with E-state index in [-0.39, 0.29) is 0 Å². The number of hydrogen-bond acceptors (Lipinski definition) is 0. The molecule has 0 saturated carbocycles. The highest BCUT2D eigenvalue weighted by molar-refractivity contribution is 6.27. The molecule has 0 heteroatoms. The molecule has 0 radical (unpaired) electrons. The molecule has 0 spiro atoms. The predicted molar refractivity (Wildman–Crippen MR) is 224 cm³/mol. The first kappa shape index (κ1) is 29.0. The minimum atomic E-state index is 1.23. The van der Waals surface area contributed by atoms with Gasteiger partial charge < -0.3 is 0 Å². The lowest BCUT2D eigenvalue weighted by atomic mass is 9.86. The molecule has 240 valence electrons. The third-order valence-corrected chi connectivity index (χ3v) is 11.2. The van der Waals surface area contributed by atoms with Crippen LogP contribution in [0.25, 0.3) is 109 Å². The summed E-state index contributed by atoms with van der Waals surface area (Å²) < 4.78 is 0. The predicted octanol–water partition coefficient (Wildman–Crippen LogP) is 14.7. The van der Waals surface area contributed by atoms with Gasteiger partial charge in [-0.2, -0.15) is 0 Å². The van der Waals surface area contributed by atoms with Crippen molar-refractivity contribution in [2.24, 2.45) is 0 Å². The molecule has 0 heterocycles. The van der Waals surface area contributed by atoms with E-state index in [0.29, 0.717) is 0 Å². The van der Waals surface area contributed by atoms with Gasteiger partial charge in [0.05, 0.1) is 0 Å². The summed E-state index contributed by atoms with van der Waals surface area (Å²) in [6.45, 7) is 0. The van der Waals surface area contributed by atoms with Gasteiger partial charge in [-0.1, -0.05) is 188 Å². The fourth-order valence-corrected chi connectivity index (χ4v) is 8.73. The normalized spacial score (nSPS) is 11.8. The summed E-state index contributed by atoms with van der Waals surface area (Å²) in [6.07, 6.45) is 0. The number of rotatable bonds is 4. The molecule has 0 atom stereocenters. The van der Waals surface area contributed by atoms with Crippen LogP contribution in [0.5, 0.6) is 0 Å². The highest BCUT2D eigenvalue weighted by atomic mass is 14.2. The fourth-order valence-electron chi connectivity index (χ4n) is 8.73. The lowest BCUT2D eigenvalue weighted by molar-refractivity contribution is 1.63. The maximum absolute atomic E-state index is 2.34. The monoisotopic (exact) mass is 656 g/mol. The van der Waals surface area contributed by atoms with Crippen molar-refractivity contribution in [1.29, 1.82) is 0 Å². The van der Waals surface area contributed by atoms with Crippen molar-refractivity contribution in [3.8, 4) is 44.5 Å². The standard InChI is InChI=1S/C52H32/c1-3-11-41-33(8-1)10-7-15-42(41)34-16-18-35(19-17-34)44-28-24-38-27-31-49-45(29-25-39-26-30-48(44)51(38)52(39)49)36-20-22-37(23-21-36)50-32-40-9-2-4-12-43(40)46-13-5-6-14-47(46)50/h1-32H. The van der Waals surface area contributed by atoms with Crippen LogP contribution in [0.4, 0.5) is 0 Å². The Morgan fingerprint density at radius 3 is 1.21 bits per heavy atom.